The van der Waals surface area contributed by atoms with E-state index in [0.717, 1.165) is 16.9 Å². The Kier molecular flexibility index (Phi) is 7.27. The Hall–Kier alpha value is -3.80. The zero-order valence-electron chi connectivity index (χ0n) is 17.8. The molecular weight excluding hydrogens is 392 g/mol. The summed E-state index contributed by atoms with van der Waals surface area (Å²) in [6.07, 6.45) is 3.00. The molecule has 0 saturated carbocycles. The van der Waals surface area contributed by atoms with Gasteiger partial charge in [0.1, 0.15) is 23.8 Å². The lowest BCUT2D eigenvalue weighted by atomic mass is 10.1. The second-order valence-corrected chi connectivity index (χ2v) is 7.34. The fourth-order valence-electron chi connectivity index (χ4n) is 2.85. The zero-order chi connectivity index (χ0) is 22.2. The lowest BCUT2D eigenvalue weighted by molar-refractivity contribution is -0.118. The maximum atomic E-state index is 12.9. The molecular formula is C25H26N2O4. The Bertz CT molecular complexity index is 1050. The Morgan fingerprint density at radius 3 is 2.45 bits per heavy atom. The van der Waals surface area contributed by atoms with Gasteiger partial charge in [-0.1, -0.05) is 35.9 Å². The van der Waals surface area contributed by atoms with Crippen molar-refractivity contribution in [2.45, 2.75) is 26.8 Å². The van der Waals surface area contributed by atoms with Gasteiger partial charge in [0.2, 0.25) is 0 Å². The number of carbonyl (C=O) groups excluding carboxylic acids is 2. The van der Waals surface area contributed by atoms with E-state index >= 15 is 0 Å². The van der Waals surface area contributed by atoms with Gasteiger partial charge in [0, 0.05) is 11.6 Å². The van der Waals surface area contributed by atoms with Crippen LogP contribution in [0.2, 0.25) is 0 Å². The van der Waals surface area contributed by atoms with Crippen LogP contribution < -0.4 is 15.4 Å². The van der Waals surface area contributed by atoms with Gasteiger partial charge >= 0.3 is 0 Å². The molecule has 1 aromatic heterocycles. The molecule has 6 heteroatoms. The predicted octanol–water partition coefficient (Wildman–Crippen LogP) is 4.25. The first-order chi connectivity index (χ1) is 14.9. The van der Waals surface area contributed by atoms with Gasteiger partial charge in [-0.05, 0) is 56.7 Å². The zero-order valence-corrected chi connectivity index (χ0v) is 17.8. The highest BCUT2D eigenvalue weighted by Crippen LogP contribution is 2.16. The van der Waals surface area contributed by atoms with Gasteiger partial charge in [0.05, 0.1) is 12.3 Å². The number of amides is 2. The number of furan rings is 1. The molecule has 0 radical (unpaired) electrons. The van der Waals surface area contributed by atoms with Crippen molar-refractivity contribution in [2.75, 3.05) is 6.61 Å². The van der Waals surface area contributed by atoms with Crippen molar-refractivity contribution in [3.8, 4) is 5.75 Å². The number of aryl methyl sites for hydroxylation is 2. The maximum Gasteiger partial charge on any atom is 0.268 e. The Morgan fingerprint density at radius 2 is 1.77 bits per heavy atom. The van der Waals surface area contributed by atoms with Crippen LogP contribution in [0.15, 0.2) is 77.0 Å². The summed E-state index contributed by atoms with van der Waals surface area (Å²) in [5, 5.41) is 5.55. The molecule has 1 atom stereocenters. The van der Waals surface area contributed by atoms with Crippen LogP contribution in [0.3, 0.4) is 0 Å². The van der Waals surface area contributed by atoms with Crippen molar-refractivity contribution in [1.29, 1.82) is 0 Å². The van der Waals surface area contributed by atoms with Gasteiger partial charge in [0.25, 0.3) is 11.8 Å². The number of para-hydroxylation sites is 1. The Balaban J connectivity index is 1.68. The van der Waals surface area contributed by atoms with Crippen molar-refractivity contribution in [1.82, 2.24) is 10.6 Å². The summed E-state index contributed by atoms with van der Waals surface area (Å²) in [5.41, 5.74) is 2.61. The smallest absolute Gasteiger partial charge is 0.268 e. The molecule has 3 aromatic rings. The van der Waals surface area contributed by atoms with Crippen LogP contribution in [-0.4, -0.2) is 24.5 Å². The molecule has 2 N–H and O–H groups in total. The highest BCUT2D eigenvalue weighted by molar-refractivity contribution is 6.05. The first kappa shape index (κ1) is 21.9. The predicted molar refractivity (Wildman–Crippen MR) is 120 cm³/mol. The summed E-state index contributed by atoms with van der Waals surface area (Å²) in [5.74, 6) is 0.412. The molecule has 0 fully saturated rings. The summed E-state index contributed by atoms with van der Waals surface area (Å²) in [6, 6.07) is 17.9. The molecule has 0 unspecified atom stereocenters. The number of hydrogen-bond acceptors (Lipinski definition) is 4. The summed E-state index contributed by atoms with van der Waals surface area (Å²) in [6.45, 7) is 6.03. The van der Waals surface area contributed by atoms with E-state index in [1.54, 1.807) is 24.3 Å². The molecule has 0 aliphatic carbocycles. The minimum absolute atomic E-state index is 0.0864. The second-order valence-electron chi connectivity index (χ2n) is 7.34. The first-order valence-electron chi connectivity index (χ1n) is 10.0. The van der Waals surface area contributed by atoms with Gasteiger partial charge in [-0.15, -0.1) is 0 Å². The van der Waals surface area contributed by atoms with Crippen molar-refractivity contribution >= 4 is 17.9 Å². The highest BCUT2D eigenvalue weighted by Gasteiger charge is 2.17. The van der Waals surface area contributed by atoms with Crippen molar-refractivity contribution in [2.24, 2.45) is 0 Å². The number of rotatable bonds is 8. The Morgan fingerprint density at radius 1 is 1.03 bits per heavy atom. The monoisotopic (exact) mass is 418 g/mol. The molecule has 1 heterocycles. The molecule has 0 saturated heterocycles. The largest absolute Gasteiger partial charge is 0.491 e. The molecule has 6 nitrogen and oxygen atoms in total. The van der Waals surface area contributed by atoms with E-state index in [9.17, 15) is 9.59 Å². The van der Waals surface area contributed by atoms with Gasteiger partial charge in [-0.3, -0.25) is 9.59 Å². The summed E-state index contributed by atoms with van der Waals surface area (Å²) < 4.78 is 11.1. The van der Waals surface area contributed by atoms with Crippen molar-refractivity contribution in [3.05, 3.63) is 95.1 Å². The highest BCUT2D eigenvalue weighted by atomic mass is 16.5. The SMILES string of the molecule is Cc1ccc(C(=O)N/C(=C\c2ccco2)C(=O)N[C@H](C)COc2ccccc2C)cc1. The van der Waals surface area contributed by atoms with Crippen LogP contribution >= 0.6 is 0 Å². The quantitative estimate of drug-likeness (QED) is 0.536. The van der Waals surface area contributed by atoms with E-state index in [1.165, 1.54) is 12.3 Å². The summed E-state index contributed by atoms with van der Waals surface area (Å²) >= 11 is 0. The lowest BCUT2D eigenvalue weighted by Crippen LogP contribution is -2.41. The number of nitrogens with one attached hydrogen (secondary N) is 2. The fraction of sp³-hybridized carbons (Fsp3) is 0.200. The van der Waals surface area contributed by atoms with Gasteiger partial charge in [-0.25, -0.2) is 0 Å². The third-order valence-electron chi connectivity index (χ3n) is 4.60. The van der Waals surface area contributed by atoms with Crippen LogP contribution in [0.1, 0.15) is 34.2 Å². The standard InChI is InChI=1S/C25H26N2O4/c1-17-10-12-20(13-11-17)24(28)27-22(15-21-8-6-14-30-21)25(29)26-19(3)16-31-23-9-5-4-7-18(23)2/h4-15,19H,16H2,1-3H3,(H,26,29)(H,27,28)/b22-15-/t19-/m1/s1. The molecule has 0 bridgehead atoms. The average molecular weight is 418 g/mol. The topological polar surface area (TPSA) is 80.6 Å². The third kappa shape index (κ3) is 6.34. The first-order valence-corrected chi connectivity index (χ1v) is 10.0. The van der Waals surface area contributed by atoms with Crippen LogP contribution in [0, 0.1) is 13.8 Å². The molecule has 31 heavy (non-hydrogen) atoms. The number of benzene rings is 2. The van der Waals surface area contributed by atoms with Gasteiger partial charge < -0.3 is 19.8 Å². The van der Waals surface area contributed by atoms with E-state index < -0.39 is 5.91 Å². The van der Waals surface area contributed by atoms with E-state index in [2.05, 4.69) is 10.6 Å². The van der Waals surface area contributed by atoms with Crippen LogP contribution in [0.4, 0.5) is 0 Å². The van der Waals surface area contributed by atoms with E-state index in [0.29, 0.717) is 11.3 Å². The van der Waals surface area contributed by atoms with Gasteiger partial charge in [-0.2, -0.15) is 0 Å². The molecule has 160 valence electrons. The molecule has 2 amide bonds. The van der Waals surface area contributed by atoms with Crippen LogP contribution in [0.25, 0.3) is 6.08 Å². The molecule has 3 rings (SSSR count). The molecule has 0 aliphatic rings. The van der Waals surface area contributed by atoms with Crippen molar-refractivity contribution < 1.29 is 18.7 Å². The van der Waals surface area contributed by atoms with Crippen LogP contribution in [0.5, 0.6) is 5.75 Å². The maximum absolute atomic E-state index is 12.9. The average Bonchev–Trinajstić information content (AvgIpc) is 3.26. The minimum atomic E-state index is -0.433. The van der Waals surface area contributed by atoms with Crippen LogP contribution in [-0.2, 0) is 4.79 Å². The third-order valence-corrected chi connectivity index (χ3v) is 4.60. The van der Waals surface area contributed by atoms with E-state index in [-0.39, 0.29) is 24.3 Å². The molecule has 0 spiro atoms. The number of hydrogen-bond donors (Lipinski definition) is 2. The number of carbonyl (C=O) groups is 2. The summed E-state index contributed by atoms with van der Waals surface area (Å²) in [4.78, 5) is 25.5. The fourth-order valence-corrected chi connectivity index (χ4v) is 2.85. The second kappa shape index (κ2) is 10.3. The Labute approximate surface area is 181 Å². The van der Waals surface area contributed by atoms with E-state index in [4.69, 9.17) is 9.15 Å². The minimum Gasteiger partial charge on any atom is -0.491 e. The number of ether oxygens (including phenoxy) is 1. The normalized spacial score (nSPS) is 12.2. The molecule has 2 aromatic carbocycles. The molecule has 0 aliphatic heterocycles. The lowest BCUT2D eigenvalue weighted by Gasteiger charge is -2.17. The van der Waals surface area contributed by atoms with Crippen molar-refractivity contribution in [3.63, 3.8) is 0 Å². The van der Waals surface area contributed by atoms with Gasteiger partial charge in [0.15, 0.2) is 0 Å². The van der Waals surface area contributed by atoms with E-state index in [1.807, 2.05) is 57.2 Å². The summed E-state index contributed by atoms with van der Waals surface area (Å²) in [7, 11) is 0.